The maximum absolute atomic E-state index is 13.0. The molecule has 3 heteroatoms. The van der Waals surface area contributed by atoms with Gasteiger partial charge in [0.25, 0.3) is 0 Å². The Kier molecular flexibility index (Phi) is 4.49. The molecule has 2 rings (SSSR count). The van der Waals surface area contributed by atoms with Gasteiger partial charge in [-0.15, -0.1) is 0 Å². The van der Waals surface area contributed by atoms with Crippen LogP contribution in [0.1, 0.15) is 64.2 Å². The zero-order valence-electron chi connectivity index (χ0n) is 10.2. The van der Waals surface area contributed by atoms with Gasteiger partial charge in [-0.1, -0.05) is 38.5 Å². The molecule has 2 nitrogen and oxygen atoms in total. The van der Waals surface area contributed by atoms with Crippen molar-refractivity contribution in [3.63, 3.8) is 0 Å². The standard InChI is InChI=1S/C13H25O2P/c14-11-16(15,12-7-3-1-4-8-12)13-9-5-2-6-10-13/h12-14H,1-11H2. The Labute approximate surface area is 99.2 Å². The molecule has 0 aromatic heterocycles. The van der Waals surface area contributed by atoms with E-state index in [9.17, 15) is 9.67 Å². The number of aliphatic hydroxyl groups excluding tert-OH is 1. The second-order valence-electron chi connectivity index (χ2n) is 5.58. The van der Waals surface area contributed by atoms with Crippen LogP contribution in [-0.2, 0) is 4.57 Å². The third kappa shape index (κ3) is 2.54. The van der Waals surface area contributed by atoms with Crippen molar-refractivity contribution in [2.75, 3.05) is 6.35 Å². The first-order valence-electron chi connectivity index (χ1n) is 6.96. The number of rotatable bonds is 3. The van der Waals surface area contributed by atoms with Crippen LogP contribution in [0.4, 0.5) is 0 Å². The van der Waals surface area contributed by atoms with Crippen LogP contribution in [-0.4, -0.2) is 22.8 Å². The van der Waals surface area contributed by atoms with Gasteiger partial charge in [-0.2, -0.15) is 0 Å². The van der Waals surface area contributed by atoms with Crippen LogP contribution in [0.5, 0.6) is 0 Å². The van der Waals surface area contributed by atoms with Crippen molar-refractivity contribution in [2.45, 2.75) is 75.5 Å². The van der Waals surface area contributed by atoms with Gasteiger partial charge in [0.1, 0.15) is 7.14 Å². The molecule has 1 N–H and O–H groups in total. The summed E-state index contributed by atoms with van der Waals surface area (Å²) >= 11 is 0. The highest BCUT2D eigenvalue weighted by molar-refractivity contribution is 7.65. The molecule has 2 aliphatic carbocycles. The second kappa shape index (κ2) is 5.69. The monoisotopic (exact) mass is 244 g/mol. The van der Waals surface area contributed by atoms with E-state index in [0.717, 1.165) is 25.7 Å². The first kappa shape index (κ1) is 12.6. The first-order valence-corrected chi connectivity index (χ1v) is 8.99. The zero-order valence-corrected chi connectivity index (χ0v) is 11.1. The molecule has 0 bridgehead atoms. The summed E-state index contributed by atoms with van der Waals surface area (Å²) < 4.78 is 13.0. The molecule has 0 aromatic rings. The van der Waals surface area contributed by atoms with Crippen LogP contribution < -0.4 is 0 Å². The Balaban J connectivity index is 2.06. The third-order valence-corrected chi connectivity index (χ3v) is 8.55. The van der Waals surface area contributed by atoms with Crippen LogP contribution >= 0.6 is 7.14 Å². The Hall–Kier alpha value is 0.190. The lowest BCUT2D eigenvalue weighted by Crippen LogP contribution is -2.25. The molecule has 0 heterocycles. The minimum atomic E-state index is -2.30. The van der Waals surface area contributed by atoms with Gasteiger partial charge in [0.15, 0.2) is 0 Å². The van der Waals surface area contributed by atoms with Crippen molar-refractivity contribution in [1.29, 1.82) is 0 Å². The highest BCUT2D eigenvalue weighted by Gasteiger charge is 2.40. The lowest BCUT2D eigenvalue weighted by atomic mass is 9.99. The molecule has 0 atom stereocenters. The fourth-order valence-corrected chi connectivity index (χ4v) is 7.10. The van der Waals surface area contributed by atoms with E-state index in [0.29, 0.717) is 11.3 Å². The van der Waals surface area contributed by atoms with E-state index in [1.54, 1.807) is 0 Å². The highest BCUT2D eigenvalue weighted by Crippen LogP contribution is 2.61. The van der Waals surface area contributed by atoms with Crippen molar-refractivity contribution in [3.8, 4) is 0 Å². The lowest BCUT2D eigenvalue weighted by molar-refractivity contribution is 0.341. The summed E-state index contributed by atoms with van der Waals surface area (Å²) in [5.74, 6) is 0. The zero-order chi connectivity index (χ0) is 11.4. The van der Waals surface area contributed by atoms with Crippen LogP contribution in [0, 0.1) is 0 Å². The molecule has 0 radical (unpaired) electrons. The minimum Gasteiger partial charge on any atom is -0.389 e. The van der Waals surface area contributed by atoms with Crippen LogP contribution in [0.15, 0.2) is 0 Å². The Morgan fingerprint density at radius 3 is 1.50 bits per heavy atom. The third-order valence-electron chi connectivity index (χ3n) is 4.61. The van der Waals surface area contributed by atoms with Gasteiger partial charge in [-0.3, -0.25) is 0 Å². The molecular formula is C13H25O2P. The number of aliphatic hydroxyl groups is 1. The van der Waals surface area contributed by atoms with E-state index in [2.05, 4.69) is 0 Å². The van der Waals surface area contributed by atoms with Gasteiger partial charge in [0.2, 0.25) is 0 Å². The van der Waals surface area contributed by atoms with E-state index >= 15 is 0 Å². The molecule has 0 spiro atoms. The van der Waals surface area contributed by atoms with Gasteiger partial charge in [-0.25, -0.2) is 0 Å². The van der Waals surface area contributed by atoms with Crippen LogP contribution in [0.25, 0.3) is 0 Å². The van der Waals surface area contributed by atoms with Crippen molar-refractivity contribution in [2.24, 2.45) is 0 Å². The maximum Gasteiger partial charge on any atom is 0.118 e. The number of hydrogen-bond donors (Lipinski definition) is 1. The van der Waals surface area contributed by atoms with E-state index in [1.165, 1.54) is 38.5 Å². The fourth-order valence-electron chi connectivity index (χ4n) is 3.57. The van der Waals surface area contributed by atoms with E-state index in [-0.39, 0.29) is 6.35 Å². The summed E-state index contributed by atoms with van der Waals surface area (Å²) in [6.45, 7) is 0. The second-order valence-corrected chi connectivity index (χ2v) is 9.03. The molecule has 2 saturated carbocycles. The summed E-state index contributed by atoms with van der Waals surface area (Å²) in [5, 5.41) is 9.63. The molecular weight excluding hydrogens is 219 g/mol. The van der Waals surface area contributed by atoms with Gasteiger partial charge >= 0.3 is 0 Å². The molecule has 2 fully saturated rings. The predicted octanol–water partition coefficient (Wildman–Crippen LogP) is 3.96. The van der Waals surface area contributed by atoms with Crippen LogP contribution in [0.3, 0.4) is 0 Å². The average Bonchev–Trinajstić information content (AvgIpc) is 2.40. The summed E-state index contributed by atoms with van der Waals surface area (Å²) in [4.78, 5) is 0. The van der Waals surface area contributed by atoms with E-state index < -0.39 is 7.14 Å². The van der Waals surface area contributed by atoms with Crippen molar-refractivity contribution in [3.05, 3.63) is 0 Å². The SMILES string of the molecule is O=P(CO)(C1CCCCC1)C1CCCCC1. The smallest absolute Gasteiger partial charge is 0.118 e. The largest absolute Gasteiger partial charge is 0.389 e. The number of hydrogen-bond acceptors (Lipinski definition) is 2. The summed E-state index contributed by atoms with van der Waals surface area (Å²) in [5.41, 5.74) is 0.712. The topological polar surface area (TPSA) is 37.3 Å². The fraction of sp³-hybridized carbons (Fsp3) is 1.00. The minimum absolute atomic E-state index is 0.0255. The average molecular weight is 244 g/mol. The molecule has 0 amide bonds. The Morgan fingerprint density at radius 1 is 0.812 bits per heavy atom. The molecule has 0 aromatic carbocycles. The van der Waals surface area contributed by atoms with Crippen molar-refractivity contribution >= 4 is 7.14 Å². The summed E-state index contributed by atoms with van der Waals surface area (Å²) in [6.07, 6.45) is 11.9. The molecule has 2 aliphatic rings. The maximum atomic E-state index is 13.0. The summed E-state index contributed by atoms with van der Waals surface area (Å²) in [7, 11) is -2.30. The van der Waals surface area contributed by atoms with Crippen LogP contribution in [0.2, 0.25) is 0 Å². The molecule has 94 valence electrons. The quantitative estimate of drug-likeness (QED) is 0.763. The van der Waals surface area contributed by atoms with Crippen molar-refractivity contribution < 1.29 is 9.67 Å². The van der Waals surface area contributed by atoms with Gasteiger partial charge in [-0.05, 0) is 25.7 Å². The van der Waals surface area contributed by atoms with Gasteiger partial charge in [0, 0.05) is 11.3 Å². The Morgan fingerprint density at radius 2 is 1.19 bits per heavy atom. The first-order chi connectivity index (χ1) is 7.77. The Bertz CT molecular complexity index is 231. The summed E-state index contributed by atoms with van der Waals surface area (Å²) in [6, 6.07) is 0. The molecule has 0 aliphatic heterocycles. The lowest BCUT2D eigenvalue weighted by Gasteiger charge is -2.37. The highest BCUT2D eigenvalue weighted by atomic mass is 31.2. The molecule has 16 heavy (non-hydrogen) atoms. The van der Waals surface area contributed by atoms with Gasteiger partial charge in [0.05, 0.1) is 6.35 Å². The van der Waals surface area contributed by atoms with Gasteiger partial charge < -0.3 is 9.67 Å². The predicted molar refractivity (Wildman–Crippen MR) is 68.4 cm³/mol. The van der Waals surface area contributed by atoms with Crippen molar-refractivity contribution in [1.82, 2.24) is 0 Å². The van der Waals surface area contributed by atoms with E-state index in [4.69, 9.17) is 0 Å². The molecule has 0 saturated heterocycles. The normalized spacial score (nSPS) is 25.8. The molecule has 0 unspecified atom stereocenters. The van der Waals surface area contributed by atoms with E-state index in [1.807, 2.05) is 0 Å².